The van der Waals surface area contributed by atoms with Gasteiger partial charge >= 0.3 is 0 Å². The third-order valence-electron chi connectivity index (χ3n) is 2.93. The van der Waals surface area contributed by atoms with Crippen LogP contribution >= 0.6 is 11.3 Å². The Hall–Kier alpha value is -2.85. The van der Waals surface area contributed by atoms with E-state index in [0.29, 0.717) is 35.4 Å². The van der Waals surface area contributed by atoms with Gasteiger partial charge < -0.3 is 14.0 Å². The van der Waals surface area contributed by atoms with E-state index in [2.05, 4.69) is 16.2 Å². The van der Waals surface area contributed by atoms with Gasteiger partial charge in [0.2, 0.25) is 5.82 Å². The molecule has 116 valence electrons. The molecule has 0 N–H and O–H groups in total. The molecule has 0 aliphatic heterocycles. The fourth-order valence-electron chi connectivity index (χ4n) is 1.92. The Bertz CT molecular complexity index is 821. The van der Waals surface area contributed by atoms with Gasteiger partial charge in [-0.3, -0.25) is 0 Å². The summed E-state index contributed by atoms with van der Waals surface area (Å²) in [7, 11) is 0. The van der Waals surface area contributed by atoms with Crippen LogP contribution in [0, 0.1) is 11.3 Å². The van der Waals surface area contributed by atoms with Crippen LogP contribution in [0.4, 0.5) is 0 Å². The Balaban J connectivity index is 1.72. The normalized spacial score (nSPS) is 10.3. The van der Waals surface area contributed by atoms with Gasteiger partial charge in [0.15, 0.2) is 18.1 Å². The molecule has 0 spiro atoms. The van der Waals surface area contributed by atoms with E-state index < -0.39 is 0 Å². The molecule has 3 aromatic rings. The number of nitriles is 1. The van der Waals surface area contributed by atoms with Crippen molar-refractivity contribution in [1.82, 2.24) is 10.1 Å². The summed E-state index contributed by atoms with van der Waals surface area (Å²) >= 11 is 1.53. The Morgan fingerprint density at radius 3 is 2.91 bits per heavy atom. The maximum atomic E-state index is 8.94. The van der Waals surface area contributed by atoms with E-state index in [9.17, 15) is 0 Å². The number of rotatable bonds is 6. The Morgan fingerprint density at radius 1 is 1.26 bits per heavy atom. The van der Waals surface area contributed by atoms with Crippen molar-refractivity contribution in [1.29, 1.82) is 5.26 Å². The number of benzene rings is 1. The van der Waals surface area contributed by atoms with Crippen molar-refractivity contribution < 1.29 is 14.0 Å². The lowest BCUT2D eigenvalue weighted by atomic mass is 10.2. The smallest absolute Gasteiger partial charge is 0.268 e. The van der Waals surface area contributed by atoms with E-state index in [-0.39, 0.29) is 6.61 Å². The quantitative estimate of drug-likeness (QED) is 0.687. The summed E-state index contributed by atoms with van der Waals surface area (Å²) < 4.78 is 16.4. The zero-order chi connectivity index (χ0) is 16.1. The second-order valence-electron chi connectivity index (χ2n) is 4.49. The number of ether oxygens (including phenoxy) is 2. The van der Waals surface area contributed by atoms with Crippen molar-refractivity contribution in [3.63, 3.8) is 0 Å². The highest BCUT2D eigenvalue weighted by molar-refractivity contribution is 7.13. The average molecular weight is 327 g/mol. The first-order valence-electron chi connectivity index (χ1n) is 6.96. The van der Waals surface area contributed by atoms with Gasteiger partial charge in [-0.15, -0.1) is 11.3 Å². The Morgan fingerprint density at radius 2 is 2.17 bits per heavy atom. The predicted molar refractivity (Wildman–Crippen MR) is 84.3 cm³/mol. The van der Waals surface area contributed by atoms with Crippen molar-refractivity contribution in [2.75, 3.05) is 6.61 Å². The van der Waals surface area contributed by atoms with Crippen LogP contribution in [0.3, 0.4) is 0 Å². The minimum Gasteiger partial charge on any atom is -0.490 e. The molecule has 0 saturated carbocycles. The van der Waals surface area contributed by atoms with Crippen LogP contribution in [-0.4, -0.2) is 16.7 Å². The lowest BCUT2D eigenvalue weighted by Crippen LogP contribution is -2.01. The lowest BCUT2D eigenvalue weighted by Gasteiger charge is -2.10. The highest BCUT2D eigenvalue weighted by atomic mass is 32.1. The van der Waals surface area contributed by atoms with Crippen molar-refractivity contribution in [2.24, 2.45) is 0 Å². The number of aromatic nitrogens is 2. The van der Waals surface area contributed by atoms with E-state index in [4.69, 9.17) is 19.3 Å². The van der Waals surface area contributed by atoms with E-state index in [0.717, 1.165) is 4.88 Å². The summed E-state index contributed by atoms with van der Waals surface area (Å²) in [6, 6.07) is 10.9. The van der Waals surface area contributed by atoms with Crippen LogP contribution in [0.1, 0.15) is 18.3 Å². The Labute approximate surface area is 136 Å². The fourth-order valence-corrected chi connectivity index (χ4v) is 2.56. The van der Waals surface area contributed by atoms with Gasteiger partial charge in [-0.05, 0) is 30.5 Å². The third kappa shape index (κ3) is 3.49. The van der Waals surface area contributed by atoms with Gasteiger partial charge in [-0.2, -0.15) is 10.2 Å². The first kappa shape index (κ1) is 15.1. The van der Waals surface area contributed by atoms with Crippen LogP contribution in [-0.2, 0) is 6.61 Å². The van der Waals surface area contributed by atoms with Crippen LogP contribution in [0.5, 0.6) is 11.5 Å². The lowest BCUT2D eigenvalue weighted by molar-refractivity contribution is 0.258. The molecule has 3 rings (SSSR count). The van der Waals surface area contributed by atoms with Crippen LogP contribution in [0.15, 0.2) is 40.2 Å². The molecule has 0 bridgehead atoms. The fraction of sp³-hybridized carbons (Fsp3) is 0.188. The van der Waals surface area contributed by atoms with Crippen molar-refractivity contribution in [2.45, 2.75) is 13.5 Å². The molecule has 6 nitrogen and oxygen atoms in total. The average Bonchev–Trinajstić information content (AvgIpc) is 3.25. The molecule has 0 aliphatic carbocycles. The summed E-state index contributed by atoms with van der Waals surface area (Å²) in [6.07, 6.45) is 0. The largest absolute Gasteiger partial charge is 0.490 e. The number of thiophene rings is 1. The molecule has 1 aromatic carbocycles. The summed E-state index contributed by atoms with van der Waals surface area (Å²) in [5.74, 6) is 1.98. The van der Waals surface area contributed by atoms with Gasteiger partial charge in [0, 0.05) is 6.07 Å². The van der Waals surface area contributed by atoms with E-state index >= 15 is 0 Å². The number of hydrogen-bond donors (Lipinski definition) is 0. The summed E-state index contributed by atoms with van der Waals surface area (Å²) in [5, 5.41) is 14.8. The molecule has 7 heteroatoms. The molecule has 2 aromatic heterocycles. The number of nitrogens with zero attached hydrogens (tertiary/aromatic N) is 3. The zero-order valence-electron chi connectivity index (χ0n) is 12.4. The molecular weight excluding hydrogens is 314 g/mol. The summed E-state index contributed by atoms with van der Waals surface area (Å²) in [4.78, 5) is 5.21. The zero-order valence-corrected chi connectivity index (χ0v) is 13.2. The second-order valence-corrected chi connectivity index (χ2v) is 5.44. The van der Waals surface area contributed by atoms with Gasteiger partial charge in [0.05, 0.1) is 23.1 Å². The maximum Gasteiger partial charge on any atom is 0.268 e. The summed E-state index contributed by atoms with van der Waals surface area (Å²) in [6.45, 7) is 2.51. The van der Waals surface area contributed by atoms with Crippen LogP contribution in [0.25, 0.3) is 10.8 Å². The summed E-state index contributed by atoms with van der Waals surface area (Å²) in [5.41, 5.74) is 0.514. The predicted octanol–water partition coefficient (Wildman–Crippen LogP) is 3.65. The highest BCUT2D eigenvalue weighted by Crippen LogP contribution is 2.29. The first-order valence-corrected chi connectivity index (χ1v) is 7.84. The van der Waals surface area contributed by atoms with Gasteiger partial charge in [0.25, 0.3) is 5.89 Å². The third-order valence-corrected chi connectivity index (χ3v) is 3.79. The molecule has 0 fully saturated rings. The Kier molecular flexibility index (Phi) is 4.54. The topological polar surface area (TPSA) is 81.2 Å². The molecular formula is C16H13N3O3S. The second kappa shape index (κ2) is 6.94. The molecule has 2 heterocycles. The molecule has 0 atom stereocenters. The van der Waals surface area contributed by atoms with E-state index in [1.54, 1.807) is 18.2 Å². The molecule has 0 amide bonds. The maximum absolute atomic E-state index is 8.94. The van der Waals surface area contributed by atoms with Crippen molar-refractivity contribution in [3.05, 3.63) is 47.1 Å². The molecule has 0 radical (unpaired) electrons. The monoisotopic (exact) mass is 327 g/mol. The molecule has 0 aliphatic rings. The van der Waals surface area contributed by atoms with Crippen LogP contribution in [0.2, 0.25) is 0 Å². The first-order chi connectivity index (χ1) is 11.3. The SMILES string of the molecule is CCOc1cc(C#N)ccc1OCc1noc(-c2cccs2)n1. The molecule has 23 heavy (non-hydrogen) atoms. The van der Waals surface area contributed by atoms with Gasteiger partial charge in [-0.1, -0.05) is 11.2 Å². The highest BCUT2D eigenvalue weighted by Gasteiger charge is 2.12. The van der Waals surface area contributed by atoms with Crippen LogP contribution < -0.4 is 9.47 Å². The van der Waals surface area contributed by atoms with Gasteiger partial charge in [0.1, 0.15) is 0 Å². The van der Waals surface area contributed by atoms with Gasteiger partial charge in [-0.25, -0.2) is 0 Å². The minimum absolute atomic E-state index is 0.154. The molecule has 0 saturated heterocycles. The van der Waals surface area contributed by atoms with Crippen molar-refractivity contribution >= 4 is 11.3 Å². The van der Waals surface area contributed by atoms with E-state index in [1.165, 1.54) is 11.3 Å². The molecule has 0 unspecified atom stereocenters. The number of hydrogen-bond acceptors (Lipinski definition) is 7. The van der Waals surface area contributed by atoms with E-state index in [1.807, 2.05) is 24.4 Å². The standard InChI is InChI=1S/C16H13N3O3S/c1-2-20-13-8-11(9-17)5-6-12(13)21-10-15-18-16(22-19-15)14-4-3-7-23-14/h3-8H,2,10H2,1H3. The van der Waals surface area contributed by atoms with Crippen molar-refractivity contribution in [3.8, 4) is 28.3 Å². The minimum atomic E-state index is 0.154.